The predicted octanol–water partition coefficient (Wildman–Crippen LogP) is -0.193. The standard InChI is InChI=1S/C12H13N3O5S/c1-3-20-12(19)10-13-7(5-21-10)11(18)15-4-8(16)14-9(17)6(15)2/h5-6H,3-4H2,1-2H3,(H,14,16,17). The van der Waals surface area contributed by atoms with Gasteiger partial charge in [0.15, 0.2) is 0 Å². The van der Waals surface area contributed by atoms with Crippen LogP contribution in [0.15, 0.2) is 5.38 Å². The molecule has 1 aromatic heterocycles. The van der Waals surface area contributed by atoms with E-state index in [9.17, 15) is 19.2 Å². The molecule has 0 spiro atoms. The lowest BCUT2D eigenvalue weighted by Gasteiger charge is -2.30. The van der Waals surface area contributed by atoms with E-state index in [1.807, 2.05) is 0 Å². The number of aromatic nitrogens is 1. The zero-order valence-electron chi connectivity index (χ0n) is 11.4. The molecular formula is C12H13N3O5S. The van der Waals surface area contributed by atoms with E-state index in [-0.39, 0.29) is 23.9 Å². The first kappa shape index (κ1) is 15.1. The third kappa shape index (κ3) is 3.07. The van der Waals surface area contributed by atoms with Gasteiger partial charge in [0.25, 0.3) is 5.91 Å². The summed E-state index contributed by atoms with van der Waals surface area (Å²) >= 11 is 0.974. The summed E-state index contributed by atoms with van der Waals surface area (Å²) in [5, 5.41) is 3.60. The fraction of sp³-hybridized carbons (Fsp3) is 0.417. The summed E-state index contributed by atoms with van der Waals surface area (Å²) in [5.74, 6) is -2.27. The molecule has 0 saturated carbocycles. The molecule has 3 amide bonds. The van der Waals surface area contributed by atoms with Crippen molar-refractivity contribution in [3.05, 3.63) is 16.1 Å². The number of carbonyl (C=O) groups excluding carboxylic acids is 4. The fourth-order valence-corrected chi connectivity index (χ4v) is 2.45. The topological polar surface area (TPSA) is 106 Å². The molecule has 0 aliphatic carbocycles. The molecule has 1 saturated heterocycles. The summed E-state index contributed by atoms with van der Waals surface area (Å²) in [7, 11) is 0. The van der Waals surface area contributed by atoms with Crippen LogP contribution >= 0.6 is 11.3 Å². The monoisotopic (exact) mass is 311 g/mol. The van der Waals surface area contributed by atoms with Gasteiger partial charge in [0.2, 0.25) is 16.8 Å². The average molecular weight is 311 g/mol. The molecule has 1 unspecified atom stereocenters. The van der Waals surface area contributed by atoms with Crippen LogP contribution in [-0.4, -0.2) is 52.8 Å². The molecule has 1 aliphatic heterocycles. The lowest BCUT2D eigenvalue weighted by molar-refractivity contribution is -0.138. The molecule has 1 aliphatic rings. The minimum absolute atomic E-state index is 0.0115. The van der Waals surface area contributed by atoms with Crippen LogP contribution in [0.5, 0.6) is 0 Å². The summed E-state index contributed by atoms with van der Waals surface area (Å²) in [6, 6.07) is -0.775. The average Bonchev–Trinajstić information content (AvgIpc) is 2.92. The third-order valence-electron chi connectivity index (χ3n) is 2.86. The van der Waals surface area contributed by atoms with E-state index in [2.05, 4.69) is 10.3 Å². The number of nitrogens with zero attached hydrogens (tertiary/aromatic N) is 2. The van der Waals surface area contributed by atoms with Crippen LogP contribution in [0.25, 0.3) is 0 Å². The van der Waals surface area contributed by atoms with Crippen molar-refractivity contribution < 1.29 is 23.9 Å². The van der Waals surface area contributed by atoms with E-state index in [1.165, 1.54) is 12.3 Å². The smallest absolute Gasteiger partial charge is 0.367 e. The van der Waals surface area contributed by atoms with Crippen LogP contribution in [-0.2, 0) is 14.3 Å². The second-order valence-corrected chi connectivity index (χ2v) is 5.14. The van der Waals surface area contributed by atoms with Gasteiger partial charge in [-0.2, -0.15) is 0 Å². The van der Waals surface area contributed by atoms with Crippen molar-refractivity contribution >= 4 is 35.0 Å². The number of hydrogen-bond acceptors (Lipinski definition) is 7. The van der Waals surface area contributed by atoms with E-state index < -0.39 is 29.7 Å². The van der Waals surface area contributed by atoms with Crippen molar-refractivity contribution in [1.29, 1.82) is 0 Å². The Morgan fingerprint density at radius 3 is 2.90 bits per heavy atom. The number of amides is 3. The number of carbonyl (C=O) groups is 4. The van der Waals surface area contributed by atoms with Gasteiger partial charge in [-0.1, -0.05) is 0 Å². The largest absolute Gasteiger partial charge is 0.461 e. The summed E-state index contributed by atoms with van der Waals surface area (Å²) in [4.78, 5) is 51.7. The van der Waals surface area contributed by atoms with Gasteiger partial charge in [-0.15, -0.1) is 11.3 Å². The number of thiazole rings is 1. The highest BCUT2D eigenvalue weighted by Crippen LogP contribution is 2.15. The van der Waals surface area contributed by atoms with E-state index in [0.29, 0.717) is 0 Å². The van der Waals surface area contributed by atoms with Gasteiger partial charge in [-0.25, -0.2) is 9.78 Å². The minimum Gasteiger partial charge on any atom is -0.461 e. The van der Waals surface area contributed by atoms with Gasteiger partial charge >= 0.3 is 5.97 Å². The van der Waals surface area contributed by atoms with E-state index in [1.54, 1.807) is 6.92 Å². The van der Waals surface area contributed by atoms with Gasteiger partial charge in [0.05, 0.1) is 6.61 Å². The molecule has 2 heterocycles. The Balaban J connectivity index is 2.18. The Morgan fingerprint density at radius 2 is 2.24 bits per heavy atom. The number of piperazine rings is 1. The summed E-state index contributed by atoms with van der Waals surface area (Å²) in [5.41, 5.74) is 0.0115. The number of imide groups is 1. The molecule has 1 aromatic rings. The molecule has 0 bridgehead atoms. The molecule has 0 aromatic carbocycles. The van der Waals surface area contributed by atoms with Crippen LogP contribution in [0.4, 0.5) is 0 Å². The maximum atomic E-state index is 12.3. The quantitative estimate of drug-likeness (QED) is 0.612. The van der Waals surface area contributed by atoms with Crippen molar-refractivity contribution in [3.8, 4) is 0 Å². The van der Waals surface area contributed by atoms with Crippen molar-refractivity contribution in [2.24, 2.45) is 0 Å². The van der Waals surface area contributed by atoms with Crippen molar-refractivity contribution in [3.63, 3.8) is 0 Å². The Morgan fingerprint density at radius 1 is 1.52 bits per heavy atom. The fourth-order valence-electron chi connectivity index (χ4n) is 1.77. The molecule has 8 nitrogen and oxygen atoms in total. The zero-order chi connectivity index (χ0) is 15.6. The van der Waals surface area contributed by atoms with Crippen LogP contribution < -0.4 is 5.32 Å². The molecular weight excluding hydrogens is 298 g/mol. The number of rotatable bonds is 3. The summed E-state index contributed by atoms with van der Waals surface area (Å²) in [6.45, 7) is 3.16. The van der Waals surface area contributed by atoms with Gasteiger partial charge in [-0.3, -0.25) is 19.7 Å². The van der Waals surface area contributed by atoms with Crippen LogP contribution in [0.2, 0.25) is 0 Å². The molecule has 9 heteroatoms. The SMILES string of the molecule is CCOC(=O)c1nc(C(=O)N2CC(=O)NC(=O)C2C)cs1. The predicted molar refractivity (Wildman–Crippen MR) is 71.7 cm³/mol. The van der Waals surface area contributed by atoms with Gasteiger partial charge < -0.3 is 9.64 Å². The van der Waals surface area contributed by atoms with Crippen LogP contribution in [0.3, 0.4) is 0 Å². The Labute approximate surface area is 124 Å². The molecule has 21 heavy (non-hydrogen) atoms. The lowest BCUT2D eigenvalue weighted by Crippen LogP contribution is -2.58. The molecule has 0 radical (unpaired) electrons. The first-order valence-corrected chi connectivity index (χ1v) is 7.09. The summed E-state index contributed by atoms with van der Waals surface area (Å²) < 4.78 is 4.79. The zero-order valence-corrected chi connectivity index (χ0v) is 12.2. The van der Waals surface area contributed by atoms with Crippen LogP contribution in [0.1, 0.15) is 34.1 Å². The molecule has 2 rings (SSSR count). The Bertz CT molecular complexity index is 612. The van der Waals surface area contributed by atoms with Gasteiger partial charge in [0.1, 0.15) is 18.3 Å². The lowest BCUT2D eigenvalue weighted by atomic mass is 10.2. The normalized spacial score (nSPS) is 18.4. The highest BCUT2D eigenvalue weighted by Gasteiger charge is 2.35. The first-order valence-electron chi connectivity index (χ1n) is 6.21. The first-order chi connectivity index (χ1) is 9.93. The minimum atomic E-state index is -0.775. The molecule has 1 N–H and O–H groups in total. The van der Waals surface area contributed by atoms with Gasteiger partial charge in [-0.05, 0) is 13.8 Å². The highest BCUT2D eigenvalue weighted by atomic mass is 32.1. The maximum Gasteiger partial charge on any atom is 0.367 e. The molecule has 112 valence electrons. The highest BCUT2D eigenvalue weighted by molar-refractivity contribution is 7.11. The van der Waals surface area contributed by atoms with Gasteiger partial charge in [0, 0.05) is 5.38 Å². The second kappa shape index (κ2) is 6.00. The Kier molecular flexibility index (Phi) is 4.32. The second-order valence-electron chi connectivity index (χ2n) is 4.28. The number of esters is 1. The third-order valence-corrected chi connectivity index (χ3v) is 3.68. The van der Waals surface area contributed by atoms with Crippen LogP contribution in [0, 0.1) is 0 Å². The van der Waals surface area contributed by atoms with E-state index >= 15 is 0 Å². The Hall–Kier alpha value is -2.29. The van der Waals surface area contributed by atoms with E-state index in [4.69, 9.17) is 4.74 Å². The maximum absolute atomic E-state index is 12.3. The van der Waals surface area contributed by atoms with Crippen molar-refractivity contribution in [1.82, 2.24) is 15.2 Å². The van der Waals surface area contributed by atoms with E-state index in [0.717, 1.165) is 16.2 Å². The molecule has 1 fully saturated rings. The molecule has 1 atom stereocenters. The number of hydrogen-bond donors (Lipinski definition) is 1. The number of nitrogens with one attached hydrogen (secondary N) is 1. The number of ether oxygens (including phenoxy) is 1. The van der Waals surface area contributed by atoms with Crippen molar-refractivity contribution in [2.45, 2.75) is 19.9 Å². The summed E-state index contributed by atoms with van der Waals surface area (Å²) in [6.07, 6.45) is 0. The van der Waals surface area contributed by atoms with Crippen molar-refractivity contribution in [2.75, 3.05) is 13.2 Å².